The lowest BCUT2D eigenvalue weighted by Gasteiger charge is -2.34. The molecule has 106 valence electrons. The minimum absolute atomic E-state index is 0.0425. The molecule has 20 heavy (non-hydrogen) atoms. The number of nitrogens with one attached hydrogen (secondary N) is 1. The number of furan rings is 1. The van der Waals surface area contributed by atoms with Crippen molar-refractivity contribution in [2.75, 3.05) is 26.2 Å². The van der Waals surface area contributed by atoms with E-state index in [-0.39, 0.29) is 11.9 Å². The molecule has 0 spiro atoms. The molecule has 1 fully saturated rings. The van der Waals surface area contributed by atoms with E-state index in [0.717, 1.165) is 42.0 Å². The Bertz CT molecular complexity index is 547. The second kappa shape index (κ2) is 6.08. The molecule has 1 aliphatic heterocycles. The van der Waals surface area contributed by atoms with Crippen molar-refractivity contribution < 1.29 is 8.81 Å². The van der Waals surface area contributed by atoms with Gasteiger partial charge in [0.05, 0.1) is 12.3 Å². The fraction of sp³-hybridized carbons (Fsp3) is 0.333. The maximum Gasteiger partial charge on any atom is 0.125 e. The summed E-state index contributed by atoms with van der Waals surface area (Å²) in [5.41, 5.74) is 0.911. The van der Waals surface area contributed by atoms with E-state index in [2.05, 4.69) is 26.1 Å². The van der Waals surface area contributed by atoms with Crippen LogP contribution in [-0.2, 0) is 0 Å². The molecule has 0 aliphatic carbocycles. The minimum Gasteiger partial charge on any atom is -0.467 e. The van der Waals surface area contributed by atoms with Crippen LogP contribution in [0.15, 0.2) is 45.5 Å². The third-order valence-corrected chi connectivity index (χ3v) is 3.99. The summed E-state index contributed by atoms with van der Waals surface area (Å²) < 4.78 is 20.0. The Morgan fingerprint density at radius 1 is 1.25 bits per heavy atom. The van der Waals surface area contributed by atoms with E-state index in [4.69, 9.17) is 4.42 Å². The van der Waals surface area contributed by atoms with E-state index in [1.807, 2.05) is 18.2 Å². The highest BCUT2D eigenvalue weighted by Crippen LogP contribution is 2.31. The normalized spacial score (nSPS) is 18.1. The van der Waals surface area contributed by atoms with Gasteiger partial charge >= 0.3 is 0 Å². The van der Waals surface area contributed by atoms with Crippen molar-refractivity contribution >= 4 is 15.9 Å². The molecule has 1 atom stereocenters. The van der Waals surface area contributed by atoms with Gasteiger partial charge in [-0.2, -0.15) is 0 Å². The van der Waals surface area contributed by atoms with E-state index in [1.165, 1.54) is 6.07 Å². The number of nitrogens with zero attached hydrogens (tertiary/aromatic N) is 1. The molecule has 5 heteroatoms. The third-order valence-electron chi connectivity index (χ3n) is 3.53. The summed E-state index contributed by atoms with van der Waals surface area (Å²) in [4.78, 5) is 2.32. The predicted molar refractivity (Wildman–Crippen MR) is 79.1 cm³/mol. The van der Waals surface area contributed by atoms with Crippen molar-refractivity contribution in [3.63, 3.8) is 0 Å². The smallest absolute Gasteiger partial charge is 0.125 e. The highest BCUT2D eigenvalue weighted by molar-refractivity contribution is 9.10. The summed E-state index contributed by atoms with van der Waals surface area (Å²) in [5.74, 6) is 0.616. The average Bonchev–Trinajstić information content (AvgIpc) is 2.93. The molecule has 1 N–H and O–H groups in total. The Hall–Kier alpha value is -1.17. The molecule has 3 rings (SSSR count). The maximum absolute atomic E-state index is 13.7. The SMILES string of the molecule is Fc1cc(Br)cc([C@H](c2ccco2)N2CCNCC2)c1. The molecular weight excluding hydrogens is 323 g/mol. The van der Waals surface area contributed by atoms with Crippen molar-refractivity contribution in [2.24, 2.45) is 0 Å². The number of hydrogen-bond donors (Lipinski definition) is 1. The van der Waals surface area contributed by atoms with Crippen LogP contribution in [0, 0.1) is 5.82 Å². The Labute approximate surface area is 125 Å². The lowest BCUT2D eigenvalue weighted by Crippen LogP contribution is -2.45. The summed E-state index contributed by atoms with van der Waals surface area (Å²) in [6.45, 7) is 3.71. The van der Waals surface area contributed by atoms with Crippen LogP contribution in [0.2, 0.25) is 0 Å². The Morgan fingerprint density at radius 2 is 2.05 bits per heavy atom. The molecule has 1 aliphatic rings. The Morgan fingerprint density at radius 3 is 2.70 bits per heavy atom. The Balaban J connectivity index is 2.00. The first-order chi connectivity index (χ1) is 9.74. The largest absolute Gasteiger partial charge is 0.467 e. The summed E-state index contributed by atoms with van der Waals surface area (Å²) in [6.07, 6.45) is 1.67. The van der Waals surface area contributed by atoms with Gasteiger partial charge in [-0.3, -0.25) is 4.90 Å². The first kappa shape index (κ1) is 13.8. The number of piperazine rings is 1. The van der Waals surface area contributed by atoms with Crippen LogP contribution in [0.1, 0.15) is 17.4 Å². The zero-order valence-corrected chi connectivity index (χ0v) is 12.6. The molecule has 0 amide bonds. The van der Waals surface area contributed by atoms with Crippen LogP contribution in [0.25, 0.3) is 0 Å². The van der Waals surface area contributed by atoms with Crippen LogP contribution < -0.4 is 5.32 Å². The summed E-state index contributed by atoms with van der Waals surface area (Å²) in [7, 11) is 0. The van der Waals surface area contributed by atoms with Crippen molar-refractivity contribution in [1.29, 1.82) is 0 Å². The summed E-state index contributed by atoms with van der Waals surface area (Å²) in [5, 5.41) is 3.33. The molecule has 0 radical (unpaired) electrons. The predicted octanol–water partition coefficient (Wildman–Crippen LogP) is 3.18. The zero-order valence-electron chi connectivity index (χ0n) is 11.0. The second-order valence-corrected chi connectivity index (χ2v) is 5.82. The van der Waals surface area contributed by atoms with Gasteiger partial charge in [0.25, 0.3) is 0 Å². The average molecular weight is 339 g/mol. The number of hydrogen-bond acceptors (Lipinski definition) is 3. The molecule has 1 aromatic carbocycles. The van der Waals surface area contributed by atoms with Gasteiger partial charge in [0.2, 0.25) is 0 Å². The van der Waals surface area contributed by atoms with Gasteiger partial charge in [-0.05, 0) is 35.9 Å². The second-order valence-electron chi connectivity index (χ2n) is 4.91. The van der Waals surface area contributed by atoms with Gasteiger partial charge in [0.1, 0.15) is 11.6 Å². The molecule has 0 saturated carbocycles. The van der Waals surface area contributed by atoms with E-state index in [0.29, 0.717) is 0 Å². The van der Waals surface area contributed by atoms with E-state index < -0.39 is 0 Å². The quantitative estimate of drug-likeness (QED) is 0.931. The minimum atomic E-state index is -0.235. The highest BCUT2D eigenvalue weighted by Gasteiger charge is 2.26. The Kier molecular flexibility index (Phi) is 4.19. The lowest BCUT2D eigenvalue weighted by atomic mass is 10.0. The van der Waals surface area contributed by atoms with Gasteiger partial charge in [-0.1, -0.05) is 15.9 Å². The van der Waals surface area contributed by atoms with Gasteiger partial charge < -0.3 is 9.73 Å². The fourth-order valence-electron chi connectivity index (χ4n) is 2.68. The van der Waals surface area contributed by atoms with Gasteiger partial charge in [-0.15, -0.1) is 0 Å². The topological polar surface area (TPSA) is 28.4 Å². The number of benzene rings is 1. The summed E-state index contributed by atoms with van der Waals surface area (Å²) in [6, 6.07) is 8.79. The van der Waals surface area contributed by atoms with Gasteiger partial charge in [0.15, 0.2) is 0 Å². The monoisotopic (exact) mass is 338 g/mol. The van der Waals surface area contributed by atoms with Gasteiger partial charge in [-0.25, -0.2) is 4.39 Å². The number of halogens is 2. The molecule has 1 saturated heterocycles. The molecule has 3 nitrogen and oxygen atoms in total. The molecule has 0 bridgehead atoms. The molecule has 2 heterocycles. The van der Waals surface area contributed by atoms with E-state index >= 15 is 0 Å². The highest BCUT2D eigenvalue weighted by atomic mass is 79.9. The molecular formula is C15H16BrFN2O. The van der Waals surface area contributed by atoms with Crippen molar-refractivity contribution in [1.82, 2.24) is 10.2 Å². The maximum atomic E-state index is 13.7. The van der Waals surface area contributed by atoms with Gasteiger partial charge in [0, 0.05) is 30.7 Å². The molecule has 1 aromatic heterocycles. The van der Waals surface area contributed by atoms with E-state index in [1.54, 1.807) is 12.3 Å². The first-order valence-electron chi connectivity index (χ1n) is 6.68. The number of rotatable bonds is 3. The van der Waals surface area contributed by atoms with E-state index in [9.17, 15) is 4.39 Å². The van der Waals surface area contributed by atoms with Crippen molar-refractivity contribution in [3.05, 3.63) is 58.2 Å². The lowest BCUT2D eigenvalue weighted by molar-refractivity contribution is 0.180. The molecule has 0 unspecified atom stereocenters. The standard InChI is InChI=1S/C15H16BrFN2O/c16-12-8-11(9-13(17)10-12)15(14-2-1-7-20-14)19-5-3-18-4-6-19/h1-2,7-10,15,18H,3-6H2/t15-/m1/s1. The van der Waals surface area contributed by atoms with Crippen LogP contribution in [0.5, 0.6) is 0 Å². The van der Waals surface area contributed by atoms with Crippen molar-refractivity contribution in [3.8, 4) is 0 Å². The first-order valence-corrected chi connectivity index (χ1v) is 7.47. The summed E-state index contributed by atoms with van der Waals surface area (Å²) >= 11 is 3.37. The van der Waals surface area contributed by atoms with Crippen LogP contribution in [-0.4, -0.2) is 31.1 Å². The third kappa shape index (κ3) is 2.95. The van der Waals surface area contributed by atoms with Crippen LogP contribution in [0.3, 0.4) is 0 Å². The van der Waals surface area contributed by atoms with Crippen LogP contribution in [0.4, 0.5) is 4.39 Å². The fourth-order valence-corrected chi connectivity index (χ4v) is 3.16. The van der Waals surface area contributed by atoms with Crippen LogP contribution >= 0.6 is 15.9 Å². The molecule has 2 aromatic rings. The zero-order chi connectivity index (χ0) is 13.9. The van der Waals surface area contributed by atoms with Crippen molar-refractivity contribution in [2.45, 2.75) is 6.04 Å².